The second-order valence-corrected chi connectivity index (χ2v) is 11.0. The van der Waals surface area contributed by atoms with Crippen molar-refractivity contribution in [2.24, 2.45) is 11.3 Å². The van der Waals surface area contributed by atoms with Crippen molar-refractivity contribution in [3.05, 3.63) is 65.7 Å². The number of carbonyl (C=O) groups is 3. The van der Waals surface area contributed by atoms with Crippen molar-refractivity contribution in [3.8, 4) is 5.75 Å². The van der Waals surface area contributed by atoms with Crippen molar-refractivity contribution in [1.29, 1.82) is 0 Å². The number of amides is 3. The van der Waals surface area contributed by atoms with Crippen molar-refractivity contribution < 1.29 is 32.6 Å². The van der Waals surface area contributed by atoms with Gasteiger partial charge in [0.15, 0.2) is 0 Å². The smallest absolute Gasteiger partial charge is 0.410 e. The van der Waals surface area contributed by atoms with Gasteiger partial charge in [0.05, 0.1) is 24.7 Å². The predicted molar refractivity (Wildman–Crippen MR) is 138 cm³/mol. The van der Waals surface area contributed by atoms with E-state index in [2.05, 4.69) is 0 Å². The number of likely N-dealkylation sites (tertiary alicyclic amines) is 2. The van der Waals surface area contributed by atoms with Gasteiger partial charge in [0.25, 0.3) is 0 Å². The molecule has 0 aromatic heterocycles. The minimum Gasteiger partial charge on any atom is -0.410 e. The lowest BCUT2D eigenvalue weighted by atomic mass is 9.85. The predicted octanol–water partition coefficient (Wildman–Crippen LogP) is 3.67. The number of piperidine rings is 1. The van der Waals surface area contributed by atoms with Gasteiger partial charge in [-0.2, -0.15) is 0 Å². The largest absolute Gasteiger partial charge is 0.415 e. The van der Waals surface area contributed by atoms with Crippen LogP contribution in [0, 0.1) is 23.0 Å². The van der Waals surface area contributed by atoms with Crippen LogP contribution in [0.3, 0.4) is 0 Å². The molecule has 5 rings (SSSR count). The highest BCUT2D eigenvalue weighted by Crippen LogP contribution is 2.35. The van der Waals surface area contributed by atoms with Crippen molar-refractivity contribution in [2.45, 2.75) is 31.7 Å². The number of likely N-dealkylation sites (N-methyl/N-ethyl adjacent to an activating group) is 1. The third kappa shape index (κ3) is 5.61. The molecular formula is C29H33F2N3O5. The lowest BCUT2D eigenvalue weighted by molar-refractivity contribution is -0.170. The van der Waals surface area contributed by atoms with Gasteiger partial charge in [0, 0.05) is 45.1 Å². The number of halogens is 2. The molecule has 0 bridgehead atoms. The van der Waals surface area contributed by atoms with Gasteiger partial charge in [-0.15, -0.1) is 0 Å². The quantitative estimate of drug-likeness (QED) is 0.577. The number of rotatable bonds is 5. The first kappa shape index (κ1) is 27.1. The van der Waals surface area contributed by atoms with Gasteiger partial charge in [-0.05, 0) is 61.7 Å². The Labute approximate surface area is 226 Å². The Bertz CT molecular complexity index is 1210. The zero-order valence-electron chi connectivity index (χ0n) is 22.1. The van der Waals surface area contributed by atoms with Crippen molar-refractivity contribution in [3.63, 3.8) is 0 Å². The molecule has 3 aliphatic rings. The average molecular weight is 542 g/mol. The summed E-state index contributed by atoms with van der Waals surface area (Å²) in [6, 6.07) is 10.8. The Morgan fingerprint density at radius 3 is 2.08 bits per heavy atom. The summed E-state index contributed by atoms with van der Waals surface area (Å²) in [6.07, 6.45) is 0.520. The Hall–Kier alpha value is -3.53. The Balaban J connectivity index is 1.27. The fourth-order valence-corrected chi connectivity index (χ4v) is 5.71. The van der Waals surface area contributed by atoms with Gasteiger partial charge in [-0.1, -0.05) is 12.1 Å². The highest BCUT2D eigenvalue weighted by molar-refractivity contribution is 5.84. The standard InChI is InChI=1S/C29H33F2N3O5/c1-29(17-38-18-29)27(36)33-13-11-20(12-14-33)26(35)34-15-24(19-3-5-21(30)6-4-19)25(16-34)32(2)28(37)39-23-9-7-22(31)8-10-23/h3-10,20,24-25H,11-18H2,1-2H3/t24-,25+/m0/s1. The van der Waals surface area contributed by atoms with Crippen LogP contribution in [0.5, 0.6) is 5.75 Å². The third-order valence-corrected chi connectivity index (χ3v) is 8.19. The summed E-state index contributed by atoms with van der Waals surface area (Å²) < 4.78 is 37.6. The molecule has 3 fully saturated rings. The average Bonchev–Trinajstić information content (AvgIpc) is 3.37. The summed E-state index contributed by atoms with van der Waals surface area (Å²) in [4.78, 5) is 44.5. The molecule has 8 nitrogen and oxygen atoms in total. The van der Waals surface area contributed by atoms with Crippen LogP contribution in [0.1, 0.15) is 31.2 Å². The van der Waals surface area contributed by atoms with Gasteiger partial charge < -0.3 is 24.2 Å². The minimum atomic E-state index is -0.631. The van der Waals surface area contributed by atoms with E-state index in [0.29, 0.717) is 52.2 Å². The van der Waals surface area contributed by atoms with Crippen LogP contribution in [0.25, 0.3) is 0 Å². The summed E-state index contributed by atoms with van der Waals surface area (Å²) in [6.45, 7) is 4.49. The van der Waals surface area contributed by atoms with E-state index in [1.807, 2.05) is 11.8 Å². The monoisotopic (exact) mass is 541 g/mol. The van der Waals surface area contributed by atoms with Crippen molar-refractivity contribution >= 4 is 17.9 Å². The SMILES string of the molecule is CN(C(=O)Oc1ccc(F)cc1)[C@@H]1CN(C(=O)C2CCN(C(=O)C3(C)COC3)CC2)C[C@H]1c1ccc(F)cc1. The van der Waals surface area contributed by atoms with Crippen LogP contribution < -0.4 is 4.74 Å². The molecule has 10 heteroatoms. The van der Waals surface area contributed by atoms with E-state index in [1.54, 1.807) is 24.1 Å². The van der Waals surface area contributed by atoms with Crippen LogP contribution in [0.4, 0.5) is 13.6 Å². The highest BCUT2D eigenvalue weighted by Gasteiger charge is 2.46. The van der Waals surface area contributed by atoms with E-state index in [-0.39, 0.29) is 35.2 Å². The number of benzene rings is 2. The molecule has 2 atom stereocenters. The Kier molecular flexibility index (Phi) is 7.57. The van der Waals surface area contributed by atoms with Crippen LogP contribution in [-0.4, -0.2) is 85.1 Å². The summed E-state index contributed by atoms with van der Waals surface area (Å²) in [5.74, 6) is -0.987. The molecule has 2 aromatic carbocycles. The molecule has 39 heavy (non-hydrogen) atoms. The van der Waals surface area contributed by atoms with E-state index in [9.17, 15) is 23.2 Å². The molecule has 0 unspecified atom stereocenters. The zero-order valence-corrected chi connectivity index (χ0v) is 22.1. The Morgan fingerprint density at radius 2 is 1.51 bits per heavy atom. The molecule has 0 spiro atoms. The van der Waals surface area contributed by atoms with Gasteiger partial charge in [0.1, 0.15) is 17.4 Å². The summed E-state index contributed by atoms with van der Waals surface area (Å²) in [5, 5.41) is 0. The Morgan fingerprint density at radius 1 is 0.923 bits per heavy atom. The molecule has 0 N–H and O–H groups in total. The number of hydrogen-bond donors (Lipinski definition) is 0. The summed E-state index contributed by atoms with van der Waals surface area (Å²) in [7, 11) is 1.61. The maximum absolute atomic E-state index is 13.7. The second-order valence-electron chi connectivity index (χ2n) is 11.0. The first-order valence-electron chi connectivity index (χ1n) is 13.3. The molecular weight excluding hydrogens is 508 g/mol. The first-order valence-corrected chi connectivity index (χ1v) is 13.3. The molecule has 0 radical (unpaired) electrons. The third-order valence-electron chi connectivity index (χ3n) is 8.19. The molecule has 3 saturated heterocycles. The van der Waals surface area contributed by atoms with Gasteiger partial charge in [0.2, 0.25) is 11.8 Å². The molecule has 0 saturated carbocycles. The fraction of sp³-hybridized carbons (Fsp3) is 0.483. The topological polar surface area (TPSA) is 79.4 Å². The van der Waals surface area contributed by atoms with Crippen LogP contribution in [-0.2, 0) is 14.3 Å². The van der Waals surface area contributed by atoms with Crippen LogP contribution in [0.15, 0.2) is 48.5 Å². The maximum atomic E-state index is 13.7. The van der Waals surface area contributed by atoms with Gasteiger partial charge in [-0.25, -0.2) is 13.6 Å². The van der Waals surface area contributed by atoms with Crippen LogP contribution >= 0.6 is 0 Å². The zero-order chi connectivity index (χ0) is 27.7. The summed E-state index contributed by atoms with van der Waals surface area (Å²) >= 11 is 0. The molecule has 3 heterocycles. The normalized spacial score (nSPS) is 22.8. The summed E-state index contributed by atoms with van der Waals surface area (Å²) in [5.41, 5.74) is 0.351. The number of nitrogens with zero attached hydrogens (tertiary/aromatic N) is 3. The van der Waals surface area contributed by atoms with E-state index in [4.69, 9.17) is 9.47 Å². The van der Waals surface area contributed by atoms with Crippen molar-refractivity contribution in [1.82, 2.24) is 14.7 Å². The second kappa shape index (κ2) is 10.9. The van der Waals surface area contributed by atoms with Gasteiger partial charge in [-0.3, -0.25) is 9.59 Å². The lowest BCUT2D eigenvalue weighted by Crippen LogP contribution is -2.55. The molecule has 0 aliphatic carbocycles. The van der Waals surface area contributed by atoms with E-state index >= 15 is 0 Å². The molecule has 208 valence electrons. The highest BCUT2D eigenvalue weighted by atomic mass is 19.1. The van der Waals surface area contributed by atoms with Gasteiger partial charge >= 0.3 is 6.09 Å². The molecule has 3 amide bonds. The maximum Gasteiger partial charge on any atom is 0.415 e. The lowest BCUT2D eigenvalue weighted by Gasteiger charge is -2.42. The molecule has 3 aliphatic heterocycles. The van der Waals surface area contributed by atoms with E-state index in [1.165, 1.54) is 41.3 Å². The first-order chi connectivity index (χ1) is 18.6. The number of hydrogen-bond acceptors (Lipinski definition) is 5. The molecule has 2 aromatic rings. The van der Waals surface area contributed by atoms with Crippen LogP contribution in [0.2, 0.25) is 0 Å². The van der Waals surface area contributed by atoms with E-state index in [0.717, 1.165) is 5.56 Å². The minimum absolute atomic E-state index is 0.00444. The number of carbonyl (C=O) groups excluding carboxylic acids is 3. The fourth-order valence-electron chi connectivity index (χ4n) is 5.71. The number of ether oxygens (including phenoxy) is 2. The van der Waals surface area contributed by atoms with Crippen molar-refractivity contribution in [2.75, 3.05) is 46.4 Å². The van der Waals surface area contributed by atoms with E-state index < -0.39 is 23.4 Å².